The predicted molar refractivity (Wildman–Crippen MR) is 42.2 cm³/mol. The number of sulfone groups is 1. The lowest BCUT2D eigenvalue weighted by atomic mass is 11.7. The highest BCUT2D eigenvalue weighted by atomic mass is 32.2. The maximum absolute atomic E-state index is 10.6. The molecule has 72 valence electrons. The lowest BCUT2D eigenvalue weighted by Crippen LogP contribution is -2.20. The second-order valence-electron chi connectivity index (χ2n) is 2.04. The van der Waals surface area contributed by atoms with E-state index in [1.807, 2.05) is 0 Å². The van der Waals surface area contributed by atoms with E-state index >= 15 is 0 Å². The van der Waals surface area contributed by atoms with Crippen molar-refractivity contribution in [2.24, 2.45) is 0 Å². The smallest absolute Gasteiger partial charge is 0.266 e. The van der Waals surface area contributed by atoms with E-state index in [0.717, 1.165) is 6.26 Å². The summed E-state index contributed by atoms with van der Waals surface area (Å²) in [5.74, 6) is 0. The van der Waals surface area contributed by atoms with Gasteiger partial charge in [-0.3, -0.25) is 4.57 Å². The Kier molecular flexibility index (Phi) is 3.77. The number of hydrogen-bond acceptors (Lipinski definition) is 6. The van der Waals surface area contributed by atoms with Gasteiger partial charge in [0.1, 0.15) is 0 Å². The van der Waals surface area contributed by atoms with Crippen molar-refractivity contribution < 1.29 is 25.6 Å². The van der Waals surface area contributed by atoms with Crippen LogP contribution in [0.5, 0.6) is 0 Å². The van der Waals surface area contributed by atoms with Crippen LogP contribution >= 0.6 is 8.46 Å². The third kappa shape index (κ3) is 4.76. The zero-order chi connectivity index (χ0) is 9.99. The molecule has 0 spiro atoms. The maximum atomic E-state index is 10.6. The Labute approximate surface area is 72.2 Å². The topological polar surface area (TPSA) is 94.6 Å². The van der Waals surface area contributed by atoms with Gasteiger partial charge in [0.25, 0.3) is 15.3 Å². The second-order valence-corrected chi connectivity index (χ2v) is 6.76. The van der Waals surface area contributed by atoms with E-state index < -0.39 is 33.6 Å². The lowest BCUT2D eigenvalue weighted by Gasteiger charge is -2.04. The summed E-state index contributed by atoms with van der Waals surface area (Å²) < 4.78 is 56.3. The molecule has 0 fully saturated rings. The molecule has 12 heavy (non-hydrogen) atoms. The average molecular weight is 234 g/mol. The van der Waals surface area contributed by atoms with Gasteiger partial charge in [-0.1, -0.05) is 0 Å². The van der Waals surface area contributed by atoms with Gasteiger partial charge in [0, 0.05) is 6.26 Å². The van der Waals surface area contributed by atoms with Crippen molar-refractivity contribution in [2.75, 3.05) is 12.5 Å². The van der Waals surface area contributed by atoms with Crippen molar-refractivity contribution >= 4 is 28.4 Å². The van der Waals surface area contributed by atoms with Gasteiger partial charge in [0.2, 0.25) is 8.46 Å². The molecule has 0 saturated carbocycles. The lowest BCUT2D eigenvalue weighted by molar-refractivity contribution is 0.343. The van der Waals surface area contributed by atoms with Crippen molar-refractivity contribution in [2.45, 2.75) is 5.18 Å². The van der Waals surface area contributed by atoms with Crippen molar-refractivity contribution in [3.05, 3.63) is 0 Å². The first-order valence-corrected chi connectivity index (χ1v) is 7.21. The zero-order valence-electron chi connectivity index (χ0n) is 6.29. The summed E-state index contributed by atoms with van der Waals surface area (Å²) in [4.78, 5) is 0. The molecule has 0 radical (unpaired) electrons. The van der Waals surface area contributed by atoms with Crippen LogP contribution in [0.1, 0.15) is 0 Å². The van der Waals surface area contributed by atoms with Crippen molar-refractivity contribution in [1.29, 1.82) is 0 Å². The molecule has 1 atom stereocenters. The van der Waals surface area contributed by atoms with E-state index in [4.69, 9.17) is 0 Å². The summed E-state index contributed by atoms with van der Waals surface area (Å²) in [5.41, 5.74) is 0. The zero-order valence-corrected chi connectivity index (χ0v) is 8.82. The number of rotatable bonds is 4. The van der Waals surface area contributed by atoms with Gasteiger partial charge in [-0.25, -0.2) is 12.6 Å². The first-order chi connectivity index (χ1) is 5.17. The fraction of sp³-hybridized carbons (Fsp3) is 1.00. The fourth-order valence-corrected chi connectivity index (χ4v) is 2.85. The highest BCUT2D eigenvalue weighted by Gasteiger charge is 2.26. The van der Waals surface area contributed by atoms with Crippen molar-refractivity contribution in [3.8, 4) is 0 Å². The molecular formula is C3H7O6PS2. The molecular weight excluding hydrogens is 227 g/mol. The molecule has 0 aromatic carbocycles. The van der Waals surface area contributed by atoms with E-state index in [2.05, 4.69) is 4.18 Å². The largest absolute Gasteiger partial charge is 0.271 e. The van der Waals surface area contributed by atoms with Gasteiger partial charge in [-0.05, 0) is 0 Å². The molecule has 0 aliphatic carbocycles. The third-order valence-electron chi connectivity index (χ3n) is 0.709. The van der Waals surface area contributed by atoms with Gasteiger partial charge in [-0.2, -0.15) is 8.42 Å². The van der Waals surface area contributed by atoms with Crippen LogP contribution < -0.4 is 0 Å². The normalized spacial score (nSPS) is 16.2. The molecule has 0 N–H and O–H groups in total. The van der Waals surface area contributed by atoms with Gasteiger partial charge in [0.15, 0.2) is 9.84 Å². The van der Waals surface area contributed by atoms with E-state index in [9.17, 15) is 21.4 Å². The number of hydrogen-bond donors (Lipinski definition) is 0. The van der Waals surface area contributed by atoms with E-state index in [1.54, 1.807) is 0 Å². The standard InChI is InChI=1S/C3H7O6PS2/c1-11(5,6)3(10-4)9-12(2,7)8/h3H,1-2H3. The molecule has 0 amide bonds. The molecule has 0 aliphatic heterocycles. The first-order valence-electron chi connectivity index (χ1n) is 2.56. The van der Waals surface area contributed by atoms with E-state index in [-0.39, 0.29) is 0 Å². The van der Waals surface area contributed by atoms with Gasteiger partial charge in [-0.15, -0.1) is 0 Å². The molecule has 6 nitrogen and oxygen atoms in total. The van der Waals surface area contributed by atoms with Crippen LogP contribution in [0.2, 0.25) is 0 Å². The summed E-state index contributed by atoms with van der Waals surface area (Å²) in [5, 5.41) is -1.84. The van der Waals surface area contributed by atoms with Crippen LogP contribution in [0.3, 0.4) is 0 Å². The quantitative estimate of drug-likeness (QED) is 0.484. The van der Waals surface area contributed by atoms with Crippen molar-refractivity contribution in [1.82, 2.24) is 0 Å². The monoisotopic (exact) mass is 234 g/mol. The Bertz CT molecular complexity index is 352. The molecule has 0 heterocycles. The molecule has 0 rings (SSSR count). The molecule has 0 aliphatic rings. The third-order valence-corrected chi connectivity index (χ3v) is 4.03. The van der Waals surface area contributed by atoms with Gasteiger partial charge >= 0.3 is 0 Å². The maximum Gasteiger partial charge on any atom is 0.266 e. The van der Waals surface area contributed by atoms with Gasteiger partial charge < -0.3 is 0 Å². The van der Waals surface area contributed by atoms with Gasteiger partial charge in [0.05, 0.1) is 6.26 Å². The Morgan fingerprint density at radius 2 is 1.58 bits per heavy atom. The molecule has 0 aromatic heterocycles. The molecule has 0 saturated heterocycles. The summed E-state index contributed by atoms with van der Waals surface area (Å²) >= 11 is 0. The summed E-state index contributed by atoms with van der Waals surface area (Å²) in [7, 11) is -8.58. The van der Waals surface area contributed by atoms with Crippen molar-refractivity contribution in [3.63, 3.8) is 0 Å². The van der Waals surface area contributed by atoms with E-state index in [0.29, 0.717) is 6.26 Å². The van der Waals surface area contributed by atoms with Crippen LogP contribution in [0, 0.1) is 0 Å². The minimum atomic E-state index is -3.90. The molecule has 0 bridgehead atoms. The molecule has 1 unspecified atom stereocenters. The van der Waals surface area contributed by atoms with Crippen LogP contribution in [-0.4, -0.2) is 34.5 Å². The Morgan fingerprint density at radius 1 is 1.17 bits per heavy atom. The molecule has 9 heteroatoms. The summed E-state index contributed by atoms with van der Waals surface area (Å²) in [6.45, 7) is 0. The van der Waals surface area contributed by atoms with Crippen LogP contribution in [0.25, 0.3) is 0 Å². The van der Waals surface area contributed by atoms with E-state index in [1.165, 1.54) is 0 Å². The summed E-state index contributed by atoms with van der Waals surface area (Å²) in [6.07, 6.45) is 1.41. The Hall–Kier alpha value is -0.0400. The van der Waals surface area contributed by atoms with Crippen LogP contribution in [-0.2, 0) is 28.7 Å². The minimum absolute atomic E-state index is 0.677. The molecule has 0 aromatic rings. The average Bonchev–Trinajstić information content (AvgIpc) is 1.78. The van der Waals surface area contributed by atoms with Crippen LogP contribution in [0.4, 0.5) is 0 Å². The highest BCUT2D eigenvalue weighted by molar-refractivity contribution is 7.96. The minimum Gasteiger partial charge on any atom is -0.271 e. The Morgan fingerprint density at radius 3 is 1.67 bits per heavy atom. The fourth-order valence-electron chi connectivity index (χ4n) is 0.317. The summed E-state index contributed by atoms with van der Waals surface area (Å²) in [6, 6.07) is 0. The second kappa shape index (κ2) is 3.78. The SMILES string of the molecule is CS(=O)(=O)OC(P=O)S(C)(=O)=O. The highest BCUT2D eigenvalue weighted by Crippen LogP contribution is 2.16. The first kappa shape index (κ1) is 12.0. The Balaban J connectivity index is 4.76. The van der Waals surface area contributed by atoms with Crippen LogP contribution in [0.15, 0.2) is 0 Å². The predicted octanol–water partition coefficient (Wildman–Crippen LogP) is -0.417.